The molecule has 2 aliphatic heterocycles. The summed E-state index contributed by atoms with van der Waals surface area (Å²) >= 11 is 3.63. The second-order valence-corrected chi connectivity index (χ2v) is 14.8. The lowest BCUT2D eigenvalue weighted by Crippen LogP contribution is -2.49. The van der Waals surface area contributed by atoms with Crippen LogP contribution in [0.5, 0.6) is 0 Å². The van der Waals surface area contributed by atoms with E-state index in [-0.39, 0.29) is 12.2 Å². The minimum absolute atomic E-state index is 0.205. The van der Waals surface area contributed by atoms with Crippen LogP contribution in [0.2, 0.25) is 0 Å². The molecule has 45 heavy (non-hydrogen) atoms. The molecule has 0 atom stereocenters. The molecule has 2 aliphatic rings. The molecule has 2 fully saturated rings. The summed E-state index contributed by atoms with van der Waals surface area (Å²) in [5.41, 5.74) is 4.53. The fraction of sp³-hybridized carbons (Fsp3) is 0.571. The van der Waals surface area contributed by atoms with E-state index in [1.54, 1.807) is 9.80 Å². The van der Waals surface area contributed by atoms with E-state index in [0.29, 0.717) is 13.1 Å². The van der Waals surface area contributed by atoms with Gasteiger partial charge in [-0.25, -0.2) is 9.59 Å². The Bertz CT molecular complexity index is 1300. The molecule has 0 aliphatic carbocycles. The number of aryl methyl sites for hydroxylation is 2. The Morgan fingerprint density at radius 3 is 1.49 bits per heavy atom. The standard InChI is InChI=1S/C18H26N2O3.C17H25BrN2O2/c1-14-5-6-15(16(11-14)13-21)12-19-7-9-20(10-8-19)17(22)23-18(2,3)4;1-13-5-6-14(15(18)11-13)12-19-7-9-20(10-8-19)16(21)22-17(2,3)4/h5-6,11,13H,7-10,12H2,1-4H3;5-6,11H,7-10,12H2,1-4H3. The molecule has 0 N–H and O–H groups in total. The summed E-state index contributed by atoms with van der Waals surface area (Å²) in [7, 11) is 0. The predicted octanol–water partition coefficient (Wildman–Crippen LogP) is 6.67. The number of aldehydes is 1. The van der Waals surface area contributed by atoms with Crippen LogP contribution < -0.4 is 0 Å². The van der Waals surface area contributed by atoms with Gasteiger partial charge in [0.2, 0.25) is 0 Å². The van der Waals surface area contributed by atoms with Crippen LogP contribution in [0.1, 0.15) is 74.2 Å². The average molecular weight is 688 g/mol. The minimum Gasteiger partial charge on any atom is -0.444 e. The molecule has 2 heterocycles. The van der Waals surface area contributed by atoms with Crippen molar-refractivity contribution < 1.29 is 23.9 Å². The number of ether oxygens (including phenoxy) is 2. The monoisotopic (exact) mass is 686 g/mol. The molecule has 2 aromatic rings. The molecule has 0 aromatic heterocycles. The third-order valence-electron chi connectivity index (χ3n) is 7.47. The normalized spacial score (nSPS) is 16.5. The Balaban J connectivity index is 0.000000246. The van der Waals surface area contributed by atoms with E-state index in [0.717, 1.165) is 79.8 Å². The highest BCUT2D eigenvalue weighted by molar-refractivity contribution is 9.10. The van der Waals surface area contributed by atoms with Gasteiger partial charge in [-0.1, -0.05) is 45.8 Å². The Morgan fingerprint density at radius 1 is 0.689 bits per heavy atom. The topological polar surface area (TPSA) is 82.6 Å². The quantitative estimate of drug-likeness (QED) is 0.325. The van der Waals surface area contributed by atoms with Crippen LogP contribution in [0.3, 0.4) is 0 Å². The highest BCUT2D eigenvalue weighted by Gasteiger charge is 2.27. The van der Waals surface area contributed by atoms with E-state index < -0.39 is 11.2 Å². The molecule has 2 saturated heterocycles. The number of rotatable bonds is 5. The smallest absolute Gasteiger partial charge is 0.410 e. The number of carbonyl (C=O) groups is 3. The van der Waals surface area contributed by atoms with Crippen molar-refractivity contribution in [3.63, 3.8) is 0 Å². The van der Waals surface area contributed by atoms with Gasteiger partial charge in [-0.05, 0) is 84.2 Å². The molecule has 0 spiro atoms. The first-order valence-electron chi connectivity index (χ1n) is 15.7. The Morgan fingerprint density at radius 2 is 1.09 bits per heavy atom. The number of nitrogens with zero attached hydrogens (tertiary/aromatic N) is 4. The van der Waals surface area contributed by atoms with Crippen molar-refractivity contribution in [2.75, 3.05) is 52.4 Å². The van der Waals surface area contributed by atoms with Crippen molar-refractivity contribution in [3.05, 3.63) is 68.7 Å². The Kier molecular flexibility index (Phi) is 13.0. The number of carbonyl (C=O) groups excluding carboxylic acids is 3. The third kappa shape index (κ3) is 12.4. The van der Waals surface area contributed by atoms with Crippen molar-refractivity contribution in [3.8, 4) is 0 Å². The highest BCUT2D eigenvalue weighted by atomic mass is 79.9. The van der Waals surface area contributed by atoms with E-state index in [9.17, 15) is 14.4 Å². The first kappa shape index (κ1) is 36.5. The van der Waals surface area contributed by atoms with E-state index in [2.05, 4.69) is 50.9 Å². The summed E-state index contributed by atoms with van der Waals surface area (Å²) in [5, 5.41) is 0. The zero-order chi connectivity index (χ0) is 33.4. The maximum atomic E-state index is 12.1. The molecule has 10 heteroatoms. The number of piperazine rings is 2. The van der Waals surface area contributed by atoms with Gasteiger partial charge in [0.1, 0.15) is 17.5 Å². The number of benzene rings is 2. The molecular weight excluding hydrogens is 636 g/mol. The average Bonchev–Trinajstić information content (AvgIpc) is 2.95. The fourth-order valence-electron chi connectivity index (χ4n) is 5.06. The van der Waals surface area contributed by atoms with Crippen LogP contribution in [0, 0.1) is 13.8 Å². The number of hydrogen-bond acceptors (Lipinski definition) is 7. The van der Waals surface area contributed by atoms with Crippen LogP contribution in [-0.2, 0) is 22.6 Å². The van der Waals surface area contributed by atoms with E-state index in [1.807, 2.05) is 66.7 Å². The van der Waals surface area contributed by atoms with Crippen LogP contribution in [-0.4, -0.2) is 102 Å². The summed E-state index contributed by atoms with van der Waals surface area (Å²) in [5.74, 6) is 0. The van der Waals surface area contributed by atoms with Gasteiger partial charge in [0.15, 0.2) is 0 Å². The van der Waals surface area contributed by atoms with E-state index in [1.165, 1.54) is 11.1 Å². The zero-order valence-electron chi connectivity index (χ0n) is 28.3. The molecule has 9 nitrogen and oxygen atoms in total. The number of hydrogen-bond donors (Lipinski definition) is 0. The zero-order valence-corrected chi connectivity index (χ0v) is 29.9. The largest absolute Gasteiger partial charge is 0.444 e. The molecule has 248 valence electrons. The summed E-state index contributed by atoms with van der Waals surface area (Å²) in [6.45, 7) is 23.1. The summed E-state index contributed by atoms with van der Waals surface area (Å²) in [6.07, 6.45) is 0.462. The van der Waals surface area contributed by atoms with Gasteiger partial charge in [0.25, 0.3) is 0 Å². The summed E-state index contributed by atoms with van der Waals surface area (Å²) in [6, 6.07) is 12.4. The molecule has 2 aromatic carbocycles. The van der Waals surface area contributed by atoms with Crippen molar-refractivity contribution in [1.29, 1.82) is 0 Å². The molecule has 0 radical (unpaired) electrons. The van der Waals surface area contributed by atoms with Crippen LogP contribution >= 0.6 is 15.9 Å². The second-order valence-electron chi connectivity index (χ2n) is 13.9. The van der Waals surface area contributed by atoms with Gasteiger partial charge < -0.3 is 19.3 Å². The fourth-order valence-corrected chi connectivity index (χ4v) is 5.68. The second kappa shape index (κ2) is 16.1. The van der Waals surface area contributed by atoms with Crippen LogP contribution in [0.4, 0.5) is 9.59 Å². The van der Waals surface area contributed by atoms with Gasteiger partial charge in [-0.15, -0.1) is 0 Å². The highest BCUT2D eigenvalue weighted by Crippen LogP contribution is 2.21. The summed E-state index contributed by atoms with van der Waals surface area (Å²) in [4.78, 5) is 43.5. The molecule has 0 bridgehead atoms. The minimum atomic E-state index is -0.463. The molecular formula is C35H51BrN4O5. The predicted molar refractivity (Wildman–Crippen MR) is 182 cm³/mol. The molecule has 0 unspecified atom stereocenters. The number of halogens is 1. The van der Waals surface area contributed by atoms with Crippen molar-refractivity contribution in [2.45, 2.75) is 79.7 Å². The van der Waals surface area contributed by atoms with Crippen LogP contribution in [0.25, 0.3) is 0 Å². The summed E-state index contributed by atoms with van der Waals surface area (Å²) < 4.78 is 12.0. The molecule has 4 rings (SSSR count). The van der Waals surface area contributed by atoms with Crippen molar-refractivity contribution in [1.82, 2.24) is 19.6 Å². The maximum absolute atomic E-state index is 12.1. The van der Waals surface area contributed by atoms with Gasteiger partial charge in [-0.3, -0.25) is 14.6 Å². The Hall–Kier alpha value is -2.95. The first-order valence-corrected chi connectivity index (χ1v) is 16.5. The van der Waals surface area contributed by atoms with Gasteiger partial charge in [0, 0.05) is 75.5 Å². The Labute approximate surface area is 277 Å². The molecule has 2 amide bonds. The lowest BCUT2D eigenvalue weighted by atomic mass is 10.0. The lowest BCUT2D eigenvalue weighted by molar-refractivity contribution is 0.0129. The number of amides is 2. The maximum Gasteiger partial charge on any atom is 0.410 e. The van der Waals surface area contributed by atoms with E-state index >= 15 is 0 Å². The van der Waals surface area contributed by atoms with E-state index in [4.69, 9.17) is 9.47 Å². The van der Waals surface area contributed by atoms with Crippen LogP contribution in [0.15, 0.2) is 40.9 Å². The SMILES string of the molecule is Cc1ccc(CN2CCN(C(=O)OC(C)(C)C)CC2)c(Br)c1.Cc1ccc(CN2CCN(C(=O)OC(C)(C)C)CC2)c(C=O)c1. The van der Waals surface area contributed by atoms with Crippen molar-refractivity contribution in [2.24, 2.45) is 0 Å². The first-order chi connectivity index (χ1) is 21.0. The van der Waals surface area contributed by atoms with Crippen molar-refractivity contribution >= 4 is 34.4 Å². The lowest BCUT2D eigenvalue weighted by Gasteiger charge is -2.35. The van der Waals surface area contributed by atoms with Gasteiger partial charge in [0.05, 0.1) is 0 Å². The molecule has 0 saturated carbocycles. The third-order valence-corrected chi connectivity index (χ3v) is 8.21. The van der Waals surface area contributed by atoms with Gasteiger partial charge in [-0.2, -0.15) is 0 Å². The van der Waals surface area contributed by atoms with Gasteiger partial charge >= 0.3 is 12.2 Å².